The minimum Gasteiger partial charge on any atom is -0.481 e. The van der Waals surface area contributed by atoms with E-state index in [2.05, 4.69) is 6.58 Å². The molecule has 0 rings (SSSR count). The number of hydrogen-bond acceptors (Lipinski definition) is 4. The van der Waals surface area contributed by atoms with E-state index in [-0.39, 0.29) is 11.7 Å². The lowest BCUT2D eigenvalue weighted by molar-refractivity contribution is -0.177. The highest BCUT2D eigenvalue weighted by Crippen LogP contribution is 2.06. The quantitative estimate of drug-likeness (QED) is 0.412. The molecular weight excluding hydrogens is 200 g/mol. The highest BCUT2D eigenvalue weighted by Gasteiger charge is 2.16. The van der Waals surface area contributed by atoms with Crippen molar-refractivity contribution in [3.05, 3.63) is 12.2 Å². The second kappa shape index (κ2) is 6.19. The summed E-state index contributed by atoms with van der Waals surface area (Å²) in [5, 5.41) is 8.41. The summed E-state index contributed by atoms with van der Waals surface area (Å²) in [4.78, 5) is 21.5. The Balaban J connectivity index is 4.02. The van der Waals surface area contributed by atoms with Gasteiger partial charge in [0.2, 0.25) is 6.29 Å². The molecule has 1 atom stereocenters. The standard InChI is InChI=1S/C10H16O5/c1-6(2)14-8(4)15-10(13)7(3)5-9(11)12/h6,8H,3,5H2,1-2,4H3,(H,11,12). The first-order valence-electron chi connectivity index (χ1n) is 4.59. The van der Waals surface area contributed by atoms with E-state index >= 15 is 0 Å². The molecule has 0 saturated carbocycles. The molecule has 0 spiro atoms. The molecule has 0 radical (unpaired) electrons. The third-order valence-electron chi connectivity index (χ3n) is 1.39. The summed E-state index contributed by atoms with van der Waals surface area (Å²) in [7, 11) is 0. The Labute approximate surface area is 88.7 Å². The second-order valence-electron chi connectivity index (χ2n) is 3.33. The Morgan fingerprint density at radius 1 is 1.33 bits per heavy atom. The Morgan fingerprint density at radius 2 is 1.87 bits per heavy atom. The van der Waals surface area contributed by atoms with Crippen LogP contribution in [0.5, 0.6) is 0 Å². The number of ether oxygens (including phenoxy) is 2. The summed E-state index contributed by atoms with van der Waals surface area (Å²) in [6.45, 7) is 8.48. The maximum atomic E-state index is 11.2. The zero-order valence-electron chi connectivity index (χ0n) is 9.15. The van der Waals surface area contributed by atoms with E-state index in [0.717, 1.165) is 0 Å². The van der Waals surface area contributed by atoms with Gasteiger partial charge in [-0.2, -0.15) is 0 Å². The largest absolute Gasteiger partial charge is 0.481 e. The highest BCUT2D eigenvalue weighted by molar-refractivity contribution is 5.92. The normalized spacial score (nSPS) is 12.3. The first kappa shape index (κ1) is 13.6. The van der Waals surface area contributed by atoms with Gasteiger partial charge >= 0.3 is 11.9 Å². The van der Waals surface area contributed by atoms with Gasteiger partial charge in [-0.25, -0.2) is 4.79 Å². The SMILES string of the molecule is C=C(CC(=O)O)C(=O)OC(C)OC(C)C. The van der Waals surface area contributed by atoms with Gasteiger partial charge in [0.1, 0.15) is 0 Å². The van der Waals surface area contributed by atoms with Crippen LogP contribution in [0.3, 0.4) is 0 Å². The predicted octanol–water partition coefficient (Wildman–Crippen LogP) is 1.33. The number of carbonyl (C=O) groups is 2. The summed E-state index contributed by atoms with van der Waals surface area (Å²) in [5.74, 6) is -1.86. The Morgan fingerprint density at radius 3 is 2.27 bits per heavy atom. The van der Waals surface area contributed by atoms with Crippen molar-refractivity contribution in [1.29, 1.82) is 0 Å². The molecule has 0 aliphatic carbocycles. The van der Waals surface area contributed by atoms with Gasteiger partial charge in [-0.3, -0.25) is 4.79 Å². The molecule has 0 bridgehead atoms. The first-order valence-corrected chi connectivity index (χ1v) is 4.59. The number of rotatable bonds is 6. The average Bonchev–Trinajstić information content (AvgIpc) is 2.00. The summed E-state index contributed by atoms with van der Waals surface area (Å²) >= 11 is 0. The van der Waals surface area contributed by atoms with Crippen molar-refractivity contribution in [2.45, 2.75) is 39.6 Å². The van der Waals surface area contributed by atoms with Crippen LogP contribution in [0.25, 0.3) is 0 Å². The van der Waals surface area contributed by atoms with Crippen molar-refractivity contribution in [3.8, 4) is 0 Å². The lowest BCUT2D eigenvalue weighted by atomic mass is 10.2. The predicted molar refractivity (Wildman–Crippen MR) is 53.2 cm³/mol. The third-order valence-corrected chi connectivity index (χ3v) is 1.39. The molecule has 15 heavy (non-hydrogen) atoms. The molecule has 0 aromatic heterocycles. The first-order chi connectivity index (χ1) is 6.82. The fraction of sp³-hybridized carbons (Fsp3) is 0.600. The van der Waals surface area contributed by atoms with Gasteiger partial charge < -0.3 is 14.6 Å². The molecule has 86 valence electrons. The summed E-state index contributed by atoms with van der Waals surface area (Å²) in [6, 6.07) is 0. The van der Waals surface area contributed by atoms with Crippen LogP contribution in [0.4, 0.5) is 0 Å². The minimum atomic E-state index is -1.12. The van der Waals surface area contributed by atoms with Gasteiger partial charge in [0.25, 0.3) is 0 Å². The van der Waals surface area contributed by atoms with Crippen molar-refractivity contribution in [2.75, 3.05) is 0 Å². The Hall–Kier alpha value is -1.36. The van der Waals surface area contributed by atoms with Crippen LogP contribution in [0, 0.1) is 0 Å². The zero-order chi connectivity index (χ0) is 12.0. The molecular formula is C10H16O5. The van der Waals surface area contributed by atoms with Crippen molar-refractivity contribution < 1.29 is 24.2 Å². The Kier molecular flexibility index (Phi) is 5.62. The molecule has 0 aromatic carbocycles. The number of carbonyl (C=O) groups excluding carboxylic acids is 1. The number of hydrogen-bond donors (Lipinski definition) is 1. The van der Waals surface area contributed by atoms with E-state index in [4.69, 9.17) is 14.6 Å². The van der Waals surface area contributed by atoms with Crippen molar-refractivity contribution >= 4 is 11.9 Å². The molecule has 0 heterocycles. The maximum Gasteiger partial charge on any atom is 0.336 e. The number of carboxylic acids is 1. The van der Waals surface area contributed by atoms with Gasteiger partial charge in [-0.05, 0) is 20.8 Å². The van der Waals surface area contributed by atoms with E-state index < -0.39 is 24.6 Å². The molecule has 0 saturated heterocycles. The summed E-state index contributed by atoms with van der Waals surface area (Å²) in [6.07, 6.45) is -1.20. The lowest BCUT2D eigenvalue weighted by Crippen LogP contribution is -2.22. The fourth-order valence-electron chi connectivity index (χ4n) is 0.900. The van der Waals surface area contributed by atoms with Crippen LogP contribution in [-0.4, -0.2) is 29.4 Å². The molecule has 0 aliphatic rings. The lowest BCUT2D eigenvalue weighted by Gasteiger charge is -2.16. The van der Waals surface area contributed by atoms with E-state index in [1.54, 1.807) is 20.8 Å². The van der Waals surface area contributed by atoms with Crippen LogP contribution in [0.2, 0.25) is 0 Å². The topological polar surface area (TPSA) is 72.8 Å². The average molecular weight is 216 g/mol. The summed E-state index contributed by atoms with van der Waals surface area (Å²) < 4.78 is 9.94. The van der Waals surface area contributed by atoms with Gasteiger partial charge in [0, 0.05) is 5.57 Å². The summed E-state index contributed by atoms with van der Waals surface area (Å²) in [5.41, 5.74) is -0.0956. The molecule has 0 aromatic rings. The van der Waals surface area contributed by atoms with Crippen molar-refractivity contribution in [3.63, 3.8) is 0 Å². The van der Waals surface area contributed by atoms with Crippen LogP contribution in [-0.2, 0) is 19.1 Å². The van der Waals surface area contributed by atoms with E-state index in [1.807, 2.05) is 0 Å². The highest BCUT2D eigenvalue weighted by atomic mass is 16.7. The molecule has 5 heteroatoms. The molecule has 1 N–H and O–H groups in total. The monoisotopic (exact) mass is 216 g/mol. The molecule has 0 amide bonds. The van der Waals surface area contributed by atoms with Gasteiger partial charge in [0.05, 0.1) is 12.5 Å². The van der Waals surface area contributed by atoms with Crippen LogP contribution >= 0.6 is 0 Å². The van der Waals surface area contributed by atoms with E-state index in [0.29, 0.717) is 0 Å². The molecule has 0 fully saturated rings. The maximum absolute atomic E-state index is 11.2. The van der Waals surface area contributed by atoms with E-state index in [9.17, 15) is 9.59 Å². The minimum absolute atomic E-state index is 0.0689. The van der Waals surface area contributed by atoms with Crippen LogP contribution in [0.15, 0.2) is 12.2 Å². The van der Waals surface area contributed by atoms with Gasteiger partial charge in [-0.1, -0.05) is 6.58 Å². The number of esters is 1. The van der Waals surface area contributed by atoms with Gasteiger partial charge in [0.15, 0.2) is 0 Å². The van der Waals surface area contributed by atoms with E-state index in [1.165, 1.54) is 0 Å². The smallest absolute Gasteiger partial charge is 0.336 e. The van der Waals surface area contributed by atoms with Crippen LogP contribution < -0.4 is 0 Å². The molecule has 5 nitrogen and oxygen atoms in total. The van der Waals surface area contributed by atoms with Crippen LogP contribution in [0.1, 0.15) is 27.2 Å². The fourth-order valence-corrected chi connectivity index (χ4v) is 0.900. The second-order valence-corrected chi connectivity index (χ2v) is 3.33. The zero-order valence-corrected chi connectivity index (χ0v) is 9.15. The van der Waals surface area contributed by atoms with Crippen molar-refractivity contribution in [1.82, 2.24) is 0 Å². The van der Waals surface area contributed by atoms with Crippen molar-refractivity contribution in [2.24, 2.45) is 0 Å². The van der Waals surface area contributed by atoms with Gasteiger partial charge in [-0.15, -0.1) is 0 Å². The molecule has 0 aliphatic heterocycles. The Bertz CT molecular complexity index is 257. The number of carboxylic acid groups (broad SMARTS) is 1. The number of aliphatic carboxylic acids is 1. The molecule has 1 unspecified atom stereocenters. The third kappa shape index (κ3) is 6.68.